The average molecular weight is 291 g/mol. The second kappa shape index (κ2) is 5.74. The second-order valence-corrected chi connectivity index (χ2v) is 4.74. The first-order valence-corrected chi connectivity index (χ1v) is 5.89. The number of hydrogen-bond acceptors (Lipinski definition) is 6. The van der Waals surface area contributed by atoms with Crippen LogP contribution in [0.15, 0.2) is 40.4 Å². The molecule has 1 N–H and O–H groups in total. The van der Waals surface area contributed by atoms with Crippen LogP contribution in [0.2, 0.25) is 0 Å². The van der Waals surface area contributed by atoms with Gasteiger partial charge in [0.1, 0.15) is 15.9 Å². The number of aromatic hydroxyl groups is 1. The number of hydrogen-bond donors (Lipinski definition) is 1. The number of fused-ring (bicyclic) bond motifs is 1. The molecule has 0 aliphatic carbocycles. The van der Waals surface area contributed by atoms with E-state index in [4.69, 9.17) is 0 Å². The minimum Gasteiger partial charge on any atom is -0.744 e. The fourth-order valence-corrected chi connectivity index (χ4v) is 2.04. The quantitative estimate of drug-likeness (QED) is 0.427. The predicted octanol–water partition coefficient (Wildman–Crippen LogP) is -1.15. The number of nitroso groups, excluding NO2 is 1. The van der Waals surface area contributed by atoms with Crippen LogP contribution in [-0.2, 0) is 10.1 Å². The second-order valence-electron chi connectivity index (χ2n) is 3.36. The summed E-state index contributed by atoms with van der Waals surface area (Å²) in [5.41, 5.74) is -0.183. The van der Waals surface area contributed by atoms with Crippen LogP contribution in [0, 0.1) is 4.91 Å². The molecular formula is C10H6KNO5S. The first-order valence-electron chi connectivity index (χ1n) is 4.48. The van der Waals surface area contributed by atoms with Gasteiger partial charge in [0.05, 0.1) is 4.90 Å². The van der Waals surface area contributed by atoms with Gasteiger partial charge in [-0.25, -0.2) is 8.42 Å². The van der Waals surface area contributed by atoms with E-state index >= 15 is 0 Å². The molecule has 2 rings (SSSR count). The van der Waals surface area contributed by atoms with Crippen molar-refractivity contribution in [2.24, 2.45) is 5.18 Å². The zero-order valence-electron chi connectivity index (χ0n) is 9.32. The van der Waals surface area contributed by atoms with E-state index in [0.717, 1.165) is 12.1 Å². The number of phenolic OH excluding ortho intramolecular Hbond substituents is 1. The fourth-order valence-electron chi connectivity index (χ4n) is 1.53. The number of phenols is 1. The first kappa shape index (κ1) is 15.7. The Balaban J connectivity index is 0.00000162. The number of nitrogens with zero attached hydrogens (tertiary/aromatic N) is 1. The van der Waals surface area contributed by atoms with Gasteiger partial charge in [0, 0.05) is 5.39 Å². The summed E-state index contributed by atoms with van der Waals surface area (Å²) in [6, 6.07) is 6.06. The minimum absolute atomic E-state index is 0. The molecule has 0 aliphatic rings. The third kappa shape index (κ3) is 2.96. The van der Waals surface area contributed by atoms with Crippen LogP contribution in [0.25, 0.3) is 10.8 Å². The SMILES string of the molecule is O=Nc1c(O)ccc2cc(S(=O)(=O)[O-])ccc12.[K+]. The largest absolute Gasteiger partial charge is 1.00 e. The van der Waals surface area contributed by atoms with Crippen LogP contribution in [0.5, 0.6) is 5.75 Å². The van der Waals surface area contributed by atoms with Crippen molar-refractivity contribution >= 4 is 26.6 Å². The van der Waals surface area contributed by atoms with Crippen molar-refractivity contribution < 1.29 is 69.5 Å². The van der Waals surface area contributed by atoms with Gasteiger partial charge in [-0.05, 0) is 28.8 Å². The van der Waals surface area contributed by atoms with E-state index in [1.165, 1.54) is 18.2 Å². The van der Waals surface area contributed by atoms with Crippen molar-refractivity contribution in [3.63, 3.8) is 0 Å². The summed E-state index contributed by atoms with van der Waals surface area (Å²) >= 11 is 0. The summed E-state index contributed by atoms with van der Waals surface area (Å²) < 4.78 is 32.4. The Morgan fingerprint density at radius 3 is 2.39 bits per heavy atom. The predicted molar refractivity (Wildman–Crippen MR) is 59.0 cm³/mol. The fraction of sp³-hybridized carbons (Fsp3) is 0. The van der Waals surface area contributed by atoms with Gasteiger partial charge in [0.2, 0.25) is 0 Å². The Hall–Kier alpha value is -0.354. The van der Waals surface area contributed by atoms with Crippen LogP contribution in [-0.4, -0.2) is 18.1 Å². The van der Waals surface area contributed by atoms with Crippen molar-refractivity contribution in [3.05, 3.63) is 35.2 Å². The molecule has 0 heterocycles. The summed E-state index contributed by atoms with van der Waals surface area (Å²) in [7, 11) is -4.55. The summed E-state index contributed by atoms with van der Waals surface area (Å²) in [6.45, 7) is 0. The Morgan fingerprint density at radius 1 is 1.17 bits per heavy atom. The molecule has 2 aromatic rings. The maximum atomic E-state index is 10.8. The van der Waals surface area contributed by atoms with Gasteiger partial charge in [-0.1, -0.05) is 12.1 Å². The van der Waals surface area contributed by atoms with Crippen molar-refractivity contribution in [1.82, 2.24) is 0 Å². The number of rotatable bonds is 2. The van der Waals surface area contributed by atoms with Gasteiger partial charge >= 0.3 is 51.4 Å². The van der Waals surface area contributed by atoms with Gasteiger partial charge in [-0.15, -0.1) is 4.91 Å². The summed E-state index contributed by atoms with van der Waals surface area (Å²) in [6.07, 6.45) is 0. The molecule has 0 fully saturated rings. The molecule has 0 radical (unpaired) electrons. The monoisotopic (exact) mass is 291 g/mol. The molecule has 88 valence electrons. The molecule has 8 heteroatoms. The Labute approximate surface area is 145 Å². The zero-order valence-corrected chi connectivity index (χ0v) is 13.3. The third-order valence-electron chi connectivity index (χ3n) is 2.32. The summed E-state index contributed by atoms with van der Waals surface area (Å²) in [5.74, 6) is -0.301. The molecular weight excluding hydrogens is 285 g/mol. The van der Waals surface area contributed by atoms with E-state index in [9.17, 15) is 23.0 Å². The maximum Gasteiger partial charge on any atom is 1.00 e. The summed E-state index contributed by atoms with van der Waals surface area (Å²) in [5, 5.41) is 12.7. The molecule has 0 aliphatic heterocycles. The van der Waals surface area contributed by atoms with E-state index < -0.39 is 15.0 Å². The van der Waals surface area contributed by atoms with Crippen LogP contribution in [0.4, 0.5) is 5.69 Å². The van der Waals surface area contributed by atoms with Crippen LogP contribution in [0.1, 0.15) is 0 Å². The van der Waals surface area contributed by atoms with Gasteiger partial charge in [0.25, 0.3) is 0 Å². The average Bonchev–Trinajstić information content (AvgIpc) is 2.27. The van der Waals surface area contributed by atoms with Crippen LogP contribution < -0.4 is 51.4 Å². The molecule has 0 aromatic heterocycles. The molecule has 0 unspecified atom stereocenters. The minimum atomic E-state index is -4.55. The van der Waals surface area contributed by atoms with Gasteiger partial charge < -0.3 is 9.66 Å². The Morgan fingerprint density at radius 2 is 1.83 bits per heavy atom. The maximum absolute atomic E-state index is 10.8. The number of benzene rings is 2. The molecule has 0 spiro atoms. The standard InChI is InChI=1S/C10H7NO5S.K/c12-9-4-1-6-5-7(17(14,15)16)2-3-8(6)10(9)11-13;/h1-5,12H,(H,14,15,16);/q;+1/p-1. The van der Waals surface area contributed by atoms with E-state index in [-0.39, 0.29) is 68.2 Å². The zero-order chi connectivity index (χ0) is 12.6. The van der Waals surface area contributed by atoms with E-state index in [1.807, 2.05) is 0 Å². The smallest absolute Gasteiger partial charge is 0.744 e. The van der Waals surface area contributed by atoms with Gasteiger partial charge in [0.15, 0.2) is 5.69 Å². The molecule has 0 bridgehead atoms. The van der Waals surface area contributed by atoms with E-state index in [0.29, 0.717) is 5.39 Å². The Kier molecular flexibility index (Phi) is 5.01. The third-order valence-corrected chi connectivity index (χ3v) is 3.15. The summed E-state index contributed by atoms with van der Waals surface area (Å²) in [4.78, 5) is 10.1. The molecule has 0 atom stereocenters. The molecule has 18 heavy (non-hydrogen) atoms. The van der Waals surface area contributed by atoms with E-state index in [2.05, 4.69) is 5.18 Å². The van der Waals surface area contributed by atoms with Gasteiger partial charge in [-0.3, -0.25) is 0 Å². The van der Waals surface area contributed by atoms with Crippen LogP contribution in [0.3, 0.4) is 0 Å². The van der Waals surface area contributed by atoms with Gasteiger partial charge in [-0.2, -0.15) is 0 Å². The molecule has 0 saturated carbocycles. The molecule has 2 aromatic carbocycles. The molecule has 0 amide bonds. The van der Waals surface area contributed by atoms with Crippen molar-refractivity contribution in [2.45, 2.75) is 4.90 Å². The molecule has 6 nitrogen and oxygen atoms in total. The van der Waals surface area contributed by atoms with Crippen LogP contribution >= 0.6 is 0 Å². The van der Waals surface area contributed by atoms with Crippen molar-refractivity contribution in [2.75, 3.05) is 0 Å². The Bertz CT molecular complexity index is 714. The normalized spacial score (nSPS) is 10.9. The topological polar surface area (TPSA) is 107 Å². The molecule has 0 saturated heterocycles. The van der Waals surface area contributed by atoms with Crippen molar-refractivity contribution in [3.8, 4) is 5.75 Å². The van der Waals surface area contributed by atoms with E-state index in [1.54, 1.807) is 0 Å². The van der Waals surface area contributed by atoms with Crippen molar-refractivity contribution in [1.29, 1.82) is 0 Å². The first-order chi connectivity index (χ1) is 7.93.